The van der Waals surface area contributed by atoms with Gasteiger partial charge in [0.25, 0.3) is 5.69 Å². The molecule has 1 amide bonds. The van der Waals surface area contributed by atoms with Gasteiger partial charge in [-0.3, -0.25) is 24.6 Å². The summed E-state index contributed by atoms with van der Waals surface area (Å²) in [7, 11) is 0. The second-order valence-corrected chi connectivity index (χ2v) is 9.97. The molecule has 3 heterocycles. The fourth-order valence-electron chi connectivity index (χ4n) is 6.52. The Morgan fingerprint density at radius 1 is 1.11 bits per heavy atom. The Morgan fingerprint density at radius 3 is 2.53 bits per heavy atom. The zero-order chi connectivity index (χ0) is 25.2. The highest BCUT2D eigenvalue weighted by molar-refractivity contribution is 6.31. The van der Waals surface area contributed by atoms with Crippen LogP contribution >= 0.6 is 11.6 Å². The number of nitro benzene ring substituents is 1. The maximum absolute atomic E-state index is 14.3. The molecule has 2 fully saturated rings. The second kappa shape index (κ2) is 8.21. The zero-order valence-electron chi connectivity index (χ0n) is 19.0. The number of hydrogen-bond donors (Lipinski definition) is 1. The predicted molar refractivity (Wildman–Crippen MR) is 132 cm³/mol. The van der Waals surface area contributed by atoms with E-state index in [9.17, 15) is 24.1 Å². The molecule has 3 aliphatic rings. The number of hydrogen-bond acceptors (Lipinski definition) is 5. The molecule has 7 nitrogen and oxygen atoms in total. The topological polar surface area (TPSA) is 92.5 Å². The van der Waals surface area contributed by atoms with Gasteiger partial charge < -0.3 is 5.32 Å². The summed E-state index contributed by atoms with van der Waals surface area (Å²) >= 11 is 6.39. The average molecular weight is 506 g/mol. The molecular weight excluding hydrogens is 485 g/mol. The van der Waals surface area contributed by atoms with E-state index in [-0.39, 0.29) is 23.4 Å². The van der Waals surface area contributed by atoms with Crippen molar-refractivity contribution in [3.05, 3.63) is 104 Å². The maximum atomic E-state index is 14.3. The zero-order valence-corrected chi connectivity index (χ0v) is 19.7. The van der Waals surface area contributed by atoms with Crippen LogP contribution in [0.4, 0.5) is 15.8 Å². The van der Waals surface area contributed by atoms with Crippen molar-refractivity contribution in [2.75, 3.05) is 11.9 Å². The van der Waals surface area contributed by atoms with Gasteiger partial charge in [-0.25, -0.2) is 4.39 Å². The molecular formula is C27H21ClFN3O4. The molecule has 1 spiro atoms. The van der Waals surface area contributed by atoms with Crippen molar-refractivity contribution in [1.29, 1.82) is 0 Å². The Labute approximate surface area is 211 Å². The van der Waals surface area contributed by atoms with Crippen LogP contribution in [0.3, 0.4) is 0 Å². The first-order valence-electron chi connectivity index (χ1n) is 11.7. The normalized spacial score (nSPS) is 26.6. The standard InChI is InChI=1S/C27H21ClFN3O4/c28-17-7-12-21-20(14-17)27(26(34)30-21)24(25(33)16-3-8-18(29)9-4-16)23(22-2-1-13-31(22)27)15-5-10-19(11-6-15)32(35)36/h3-12,14,22-24H,1-2,13H2,(H,30,34)/t22?,23?,24?,27-/m1/s1. The van der Waals surface area contributed by atoms with E-state index < -0.39 is 28.1 Å². The molecule has 0 bridgehead atoms. The number of carbonyl (C=O) groups is 2. The van der Waals surface area contributed by atoms with Crippen molar-refractivity contribution >= 4 is 34.7 Å². The van der Waals surface area contributed by atoms with Crippen molar-refractivity contribution in [2.45, 2.75) is 30.3 Å². The van der Waals surface area contributed by atoms with Crippen molar-refractivity contribution in [1.82, 2.24) is 4.90 Å². The number of carbonyl (C=O) groups excluding carboxylic acids is 2. The summed E-state index contributed by atoms with van der Waals surface area (Å²) in [6.07, 6.45) is 1.61. The summed E-state index contributed by atoms with van der Waals surface area (Å²) in [5.41, 5.74) is 0.953. The molecule has 0 aromatic heterocycles. The third-order valence-electron chi connectivity index (χ3n) is 7.86. The first-order chi connectivity index (χ1) is 17.3. The Balaban J connectivity index is 1.59. The van der Waals surface area contributed by atoms with Gasteiger partial charge in [-0.2, -0.15) is 0 Å². The third-order valence-corrected chi connectivity index (χ3v) is 8.10. The van der Waals surface area contributed by atoms with Crippen LogP contribution in [0, 0.1) is 21.8 Å². The molecule has 36 heavy (non-hydrogen) atoms. The number of halogens is 2. The van der Waals surface area contributed by atoms with Gasteiger partial charge in [0.2, 0.25) is 5.91 Å². The van der Waals surface area contributed by atoms with E-state index in [0.29, 0.717) is 28.4 Å². The minimum Gasteiger partial charge on any atom is -0.324 e. The molecule has 4 atom stereocenters. The van der Waals surface area contributed by atoms with Gasteiger partial charge in [-0.15, -0.1) is 0 Å². The molecule has 182 valence electrons. The molecule has 3 aromatic rings. The fourth-order valence-corrected chi connectivity index (χ4v) is 6.69. The number of benzene rings is 3. The molecule has 3 aliphatic heterocycles. The van der Waals surface area contributed by atoms with Crippen molar-refractivity contribution in [3.8, 4) is 0 Å². The molecule has 0 radical (unpaired) electrons. The van der Waals surface area contributed by atoms with Crippen LogP contribution in [0.1, 0.15) is 40.2 Å². The number of fused-ring (bicyclic) bond motifs is 4. The summed E-state index contributed by atoms with van der Waals surface area (Å²) in [5.74, 6) is -2.31. The number of non-ortho nitro benzene ring substituents is 1. The first-order valence-corrected chi connectivity index (χ1v) is 12.1. The number of amides is 1. The molecule has 3 aromatic carbocycles. The van der Waals surface area contributed by atoms with E-state index in [4.69, 9.17) is 11.6 Å². The van der Waals surface area contributed by atoms with Gasteiger partial charge >= 0.3 is 0 Å². The number of nitro groups is 1. The molecule has 0 saturated carbocycles. The summed E-state index contributed by atoms with van der Waals surface area (Å²) in [5, 5.41) is 14.7. The summed E-state index contributed by atoms with van der Waals surface area (Å²) in [4.78, 5) is 41.1. The first kappa shape index (κ1) is 22.8. The number of nitrogens with zero attached hydrogens (tertiary/aromatic N) is 2. The van der Waals surface area contributed by atoms with Crippen molar-refractivity contribution in [3.63, 3.8) is 0 Å². The largest absolute Gasteiger partial charge is 0.324 e. The minimum atomic E-state index is -1.31. The lowest BCUT2D eigenvalue weighted by molar-refractivity contribution is -0.384. The highest BCUT2D eigenvalue weighted by atomic mass is 35.5. The van der Waals surface area contributed by atoms with Gasteiger partial charge in [-0.05, 0) is 67.4 Å². The van der Waals surface area contributed by atoms with Crippen LogP contribution in [-0.4, -0.2) is 34.1 Å². The highest BCUT2D eigenvalue weighted by Crippen LogP contribution is 2.61. The lowest BCUT2D eigenvalue weighted by Gasteiger charge is -2.37. The Morgan fingerprint density at radius 2 is 1.83 bits per heavy atom. The van der Waals surface area contributed by atoms with E-state index in [1.165, 1.54) is 36.4 Å². The van der Waals surface area contributed by atoms with Crippen LogP contribution < -0.4 is 5.32 Å². The van der Waals surface area contributed by atoms with Crippen LogP contribution in [0.25, 0.3) is 0 Å². The number of Topliss-reactive ketones (excluding diaryl/α,β-unsaturated/α-hetero) is 1. The molecule has 9 heteroatoms. The minimum absolute atomic E-state index is 0.0492. The average Bonchev–Trinajstić information content (AvgIpc) is 3.52. The van der Waals surface area contributed by atoms with Crippen LogP contribution in [0.5, 0.6) is 0 Å². The second-order valence-electron chi connectivity index (χ2n) is 9.54. The fraction of sp³-hybridized carbons (Fsp3) is 0.259. The smallest absolute Gasteiger partial charge is 0.269 e. The molecule has 3 unspecified atom stereocenters. The van der Waals surface area contributed by atoms with E-state index in [2.05, 4.69) is 10.2 Å². The molecule has 2 saturated heterocycles. The van der Waals surface area contributed by atoms with Crippen molar-refractivity contribution in [2.24, 2.45) is 5.92 Å². The Hall–Kier alpha value is -3.62. The van der Waals surface area contributed by atoms with E-state index in [1.54, 1.807) is 30.3 Å². The van der Waals surface area contributed by atoms with Gasteiger partial charge in [0.1, 0.15) is 11.4 Å². The number of anilines is 1. The van der Waals surface area contributed by atoms with Crippen LogP contribution in [0.15, 0.2) is 66.7 Å². The van der Waals surface area contributed by atoms with Crippen LogP contribution in [0.2, 0.25) is 5.02 Å². The Kier molecular flexibility index (Phi) is 5.21. The van der Waals surface area contributed by atoms with Crippen LogP contribution in [-0.2, 0) is 10.3 Å². The molecule has 6 rings (SSSR count). The lowest BCUT2D eigenvalue weighted by Crippen LogP contribution is -2.52. The van der Waals surface area contributed by atoms with E-state index in [0.717, 1.165) is 18.4 Å². The Bertz CT molecular complexity index is 1410. The predicted octanol–water partition coefficient (Wildman–Crippen LogP) is 5.30. The number of ketones is 1. The van der Waals surface area contributed by atoms with Gasteiger partial charge in [0.15, 0.2) is 5.78 Å². The molecule has 0 aliphatic carbocycles. The maximum Gasteiger partial charge on any atom is 0.269 e. The lowest BCUT2D eigenvalue weighted by atomic mass is 9.69. The molecule has 1 N–H and O–H groups in total. The number of nitrogens with one attached hydrogen (secondary N) is 1. The highest BCUT2D eigenvalue weighted by Gasteiger charge is 2.69. The van der Waals surface area contributed by atoms with Gasteiger partial charge in [0, 0.05) is 45.9 Å². The monoisotopic (exact) mass is 505 g/mol. The quantitative estimate of drug-likeness (QED) is 0.295. The summed E-state index contributed by atoms with van der Waals surface area (Å²) in [6, 6.07) is 16.6. The van der Waals surface area contributed by atoms with Crippen molar-refractivity contribution < 1.29 is 18.9 Å². The van der Waals surface area contributed by atoms with E-state index >= 15 is 0 Å². The third kappa shape index (κ3) is 3.14. The van der Waals surface area contributed by atoms with E-state index in [1.807, 2.05) is 0 Å². The van der Waals surface area contributed by atoms with Gasteiger partial charge in [-0.1, -0.05) is 23.7 Å². The van der Waals surface area contributed by atoms with Gasteiger partial charge in [0.05, 0.1) is 10.8 Å². The summed E-state index contributed by atoms with van der Waals surface area (Å²) < 4.78 is 13.7. The number of rotatable bonds is 4. The summed E-state index contributed by atoms with van der Waals surface area (Å²) in [6.45, 7) is 0.612. The SMILES string of the molecule is O=C(c1ccc(F)cc1)C1C(c2ccc([N+](=O)[O-])cc2)C2CCCN2[C@@]12C(=O)Nc1ccc(Cl)cc12.